The molecule has 1 N–H and O–H groups in total. The minimum atomic E-state index is -4.15. The topological polar surface area (TPSA) is 94.2 Å². The van der Waals surface area contributed by atoms with Crippen LogP contribution >= 0.6 is 11.6 Å². The van der Waals surface area contributed by atoms with Gasteiger partial charge in [0.1, 0.15) is 22.1 Å². The van der Waals surface area contributed by atoms with Crippen molar-refractivity contribution in [1.82, 2.24) is 4.90 Å². The van der Waals surface area contributed by atoms with E-state index in [1.54, 1.807) is 11.0 Å². The molecule has 0 radical (unpaired) electrons. The van der Waals surface area contributed by atoms with Crippen LogP contribution in [-0.4, -0.2) is 53.6 Å². The molecule has 0 spiro atoms. The smallest absolute Gasteiger partial charge is 0.265 e. The number of benzene rings is 2. The molecule has 1 saturated heterocycles. The van der Waals surface area contributed by atoms with E-state index in [4.69, 9.17) is 25.8 Å². The third-order valence-corrected chi connectivity index (χ3v) is 7.04. The number of anilines is 1. The third kappa shape index (κ3) is 5.05. The van der Waals surface area contributed by atoms with E-state index in [9.17, 15) is 13.2 Å². The highest BCUT2D eigenvalue weighted by Crippen LogP contribution is 2.38. The molecule has 32 heavy (non-hydrogen) atoms. The maximum atomic E-state index is 13.3. The van der Waals surface area contributed by atoms with Gasteiger partial charge in [-0.15, -0.1) is 0 Å². The summed E-state index contributed by atoms with van der Waals surface area (Å²) in [5, 5.41) is 0.209. The fraction of sp³-hybridized carbons (Fsp3) is 0.409. The molecular weight excluding hydrogens is 456 g/mol. The van der Waals surface area contributed by atoms with Crippen molar-refractivity contribution in [2.45, 2.75) is 24.7 Å². The summed E-state index contributed by atoms with van der Waals surface area (Å²) in [5.74, 6) is 0.874. The van der Waals surface area contributed by atoms with Crippen molar-refractivity contribution in [3.05, 3.63) is 40.9 Å². The van der Waals surface area contributed by atoms with Gasteiger partial charge in [0, 0.05) is 24.7 Å². The Bertz CT molecular complexity index is 1110. The first-order valence-corrected chi connectivity index (χ1v) is 12.0. The van der Waals surface area contributed by atoms with Gasteiger partial charge in [-0.2, -0.15) is 0 Å². The molecule has 2 aromatic rings. The average Bonchev–Trinajstić information content (AvgIpc) is 2.78. The molecule has 1 amide bonds. The quantitative estimate of drug-likeness (QED) is 0.640. The molecule has 0 saturated carbocycles. The first-order valence-electron chi connectivity index (χ1n) is 10.1. The summed E-state index contributed by atoms with van der Waals surface area (Å²) >= 11 is 6.17. The number of ether oxygens (including phenoxy) is 3. The van der Waals surface area contributed by atoms with Gasteiger partial charge < -0.3 is 19.1 Å². The highest BCUT2D eigenvalue weighted by atomic mass is 35.5. The van der Waals surface area contributed by atoms with E-state index in [1.165, 1.54) is 45.6 Å². The maximum Gasteiger partial charge on any atom is 0.265 e. The number of sulfonamides is 1. The molecule has 2 aromatic carbocycles. The summed E-state index contributed by atoms with van der Waals surface area (Å²) < 4.78 is 44.7. The van der Waals surface area contributed by atoms with Gasteiger partial charge in [-0.1, -0.05) is 18.5 Å². The summed E-state index contributed by atoms with van der Waals surface area (Å²) in [5.41, 5.74) is 0.405. The second-order valence-electron chi connectivity index (χ2n) is 7.66. The van der Waals surface area contributed by atoms with Crippen molar-refractivity contribution in [2.75, 3.05) is 39.1 Å². The van der Waals surface area contributed by atoms with Crippen molar-refractivity contribution in [3.63, 3.8) is 0 Å². The van der Waals surface area contributed by atoms with Crippen LogP contribution in [-0.2, 0) is 10.0 Å². The molecule has 0 bridgehead atoms. The number of piperidine rings is 1. The molecule has 174 valence electrons. The van der Waals surface area contributed by atoms with Gasteiger partial charge in [0.25, 0.3) is 15.9 Å². The van der Waals surface area contributed by atoms with Gasteiger partial charge in [0.15, 0.2) is 0 Å². The SMILES string of the molecule is COc1cc(OC)c(NS(=O)(=O)c2cc(C(=O)N3CCCC(C)C3)ccc2OC)cc1Cl. The second kappa shape index (κ2) is 9.87. The summed E-state index contributed by atoms with van der Waals surface area (Å²) in [6, 6.07) is 7.26. The van der Waals surface area contributed by atoms with E-state index in [0.29, 0.717) is 24.8 Å². The predicted octanol–water partition coefficient (Wildman–Crippen LogP) is 4.04. The largest absolute Gasteiger partial charge is 0.495 e. The van der Waals surface area contributed by atoms with E-state index in [2.05, 4.69) is 11.6 Å². The van der Waals surface area contributed by atoms with Crippen LogP contribution in [0.1, 0.15) is 30.1 Å². The fourth-order valence-corrected chi connectivity index (χ4v) is 5.21. The molecule has 3 rings (SSSR count). The number of halogens is 1. The van der Waals surface area contributed by atoms with Crippen LogP contribution in [0, 0.1) is 5.92 Å². The van der Waals surface area contributed by atoms with Gasteiger partial charge in [0.2, 0.25) is 0 Å². The lowest BCUT2D eigenvalue weighted by atomic mass is 9.99. The van der Waals surface area contributed by atoms with Crippen LogP contribution < -0.4 is 18.9 Å². The van der Waals surface area contributed by atoms with Crippen molar-refractivity contribution in [3.8, 4) is 17.2 Å². The van der Waals surface area contributed by atoms with E-state index in [0.717, 1.165) is 12.8 Å². The van der Waals surface area contributed by atoms with E-state index < -0.39 is 10.0 Å². The van der Waals surface area contributed by atoms with Crippen molar-refractivity contribution in [1.29, 1.82) is 0 Å². The third-order valence-electron chi connectivity index (χ3n) is 5.36. The Morgan fingerprint density at radius 3 is 2.38 bits per heavy atom. The Kier molecular flexibility index (Phi) is 7.40. The monoisotopic (exact) mass is 482 g/mol. The Balaban J connectivity index is 1.98. The van der Waals surface area contributed by atoms with E-state index in [-0.39, 0.29) is 38.6 Å². The number of nitrogens with one attached hydrogen (secondary N) is 1. The molecule has 1 heterocycles. The Morgan fingerprint density at radius 2 is 1.75 bits per heavy atom. The average molecular weight is 483 g/mol. The number of hydrogen-bond acceptors (Lipinski definition) is 6. The zero-order valence-corrected chi connectivity index (χ0v) is 20.0. The van der Waals surface area contributed by atoms with Gasteiger partial charge in [0.05, 0.1) is 32.0 Å². The summed E-state index contributed by atoms with van der Waals surface area (Å²) in [4.78, 5) is 14.6. The molecule has 0 aromatic heterocycles. The van der Waals surface area contributed by atoms with Crippen molar-refractivity contribution in [2.24, 2.45) is 5.92 Å². The zero-order valence-electron chi connectivity index (χ0n) is 18.5. The first-order chi connectivity index (χ1) is 15.2. The van der Waals surface area contributed by atoms with Crippen molar-refractivity contribution < 1.29 is 27.4 Å². The lowest BCUT2D eigenvalue weighted by molar-refractivity contribution is 0.0682. The van der Waals surface area contributed by atoms with Gasteiger partial charge >= 0.3 is 0 Å². The predicted molar refractivity (Wildman–Crippen MR) is 123 cm³/mol. The zero-order chi connectivity index (χ0) is 23.5. The number of hydrogen-bond donors (Lipinski definition) is 1. The van der Waals surface area contributed by atoms with Crippen LogP contribution in [0.4, 0.5) is 5.69 Å². The van der Waals surface area contributed by atoms with Crippen LogP contribution in [0.25, 0.3) is 0 Å². The number of rotatable bonds is 7. The molecule has 1 aliphatic rings. The highest BCUT2D eigenvalue weighted by Gasteiger charge is 2.27. The number of carbonyl (C=O) groups is 1. The van der Waals surface area contributed by atoms with Crippen molar-refractivity contribution >= 4 is 33.2 Å². The molecule has 10 heteroatoms. The summed E-state index contributed by atoms with van der Waals surface area (Å²) in [7, 11) is 0.0685. The highest BCUT2D eigenvalue weighted by molar-refractivity contribution is 7.92. The van der Waals surface area contributed by atoms with Crippen LogP contribution in [0.2, 0.25) is 5.02 Å². The normalized spacial score (nSPS) is 16.4. The van der Waals surface area contributed by atoms with E-state index >= 15 is 0 Å². The summed E-state index contributed by atoms with van der Waals surface area (Å²) in [6.07, 6.45) is 2.00. The van der Waals surface area contributed by atoms with E-state index in [1.807, 2.05) is 0 Å². The Morgan fingerprint density at radius 1 is 1.06 bits per heavy atom. The molecular formula is C22H27ClN2O6S. The van der Waals surface area contributed by atoms with Crippen LogP contribution in [0.5, 0.6) is 17.2 Å². The molecule has 8 nitrogen and oxygen atoms in total. The first kappa shape index (κ1) is 24.0. The minimum Gasteiger partial charge on any atom is -0.495 e. The lowest BCUT2D eigenvalue weighted by Crippen LogP contribution is -2.39. The van der Waals surface area contributed by atoms with Crippen LogP contribution in [0.15, 0.2) is 35.2 Å². The molecule has 1 aliphatic heterocycles. The minimum absolute atomic E-state index is 0.111. The second-order valence-corrected chi connectivity index (χ2v) is 9.71. The number of methoxy groups -OCH3 is 3. The summed E-state index contributed by atoms with van der Waals surface area (Å²) in [6.45, 7) is 3.39. The Labute approximate surface area is 193 Å². The number of nitrogens with zero attached hydrogens (tertiary/aromatic N) is 1. The Hall–Kier alpha value is -2.65. The molecule has 1 fully saturated rings. The number of likely N-dealkylation sites (tertiary alicyclic amines) is 1. The van der Waals surface area contributed by atoms with Crippen LogP contribution in [0.3, 0.4) is 0 Å². The number of amides is 1. The van der Waals surface area contributed by atoms with Gasteiger partial charge in [-0.3, -0.25) is 9.52 Å². The molecule has 0 aliphatic carbocycles. The van der Waals surface area contributed by atoms with Gasteiger partial charge in [-0.05, 0) is 43.0 Å². The molecule has 1 unspecified atom stereocenters. The molecule has 1 atom stereocenters. The van der Waals surface area contributed by atoms with Gasteiger partial charge in [-0.25, -0.2) is 8.42 Å². The maximum absolute atomic E-state index is 13.3. The number of carbonyl (C=O) groups excluding carboxylic acids is 1. The lowest BCUT2D eigenvalue weighted by Gasteiger charge is -2.31. The fourth-order valence-electron chi connectivity index (χ4n) is 3.72. The standard InChI is InChI=1S/C22H27ClN2O6S/c1-14-6-5-9-25(13-14)22(26)15-7-8-18(29-2)21(10-15)32(27,28)24-17-11-16(23)19(30-3)12-20(17)31-4/h7-8,10-12,14,24H,5-6,9,13H2,1-4H3.